The van der Waals surface area contributed by atoms with Gasteiger partial charge in [0.1, 0.15) is 11.6 Å². The Kier molecular flexibility index (Phi) is 6.44. The second-order valence-corrected chi connectivity index (χ2v) is 6.00. The lowest BCUT2D eigenvalue weighted by atomic mass is 10.1. The molecule has 2 aromatic carbocycles. The normalized spacial score (nSPS) is 11.5. The van der Waals surface area contributed by atoms with Crippen molar-refractivity contribution in [2.24, 2.45) is 0 Å². The number of ketones is 1. The highest BCUT2D eigenvalue weighted by molar-refractivity contribution is 6.31. The van der Waals surface area contributed by atoms with E-state index in [4.69, 9.17) is 16.9 Å². The molecule has 9 heteroatoms. The Labute approximate surface area is 163 Å². The molecule has 5 nitrogen and oxygen atoms in total. The quantitative estimate of drug-likeness (QED) is 0.414. The van der Waals surface area contributed by atoms with E-state index in [0.29, 0.717) is 17.3 Å². The number of nitriles is 1. The fraction of sp³-hybridized carbons (Fsp3) is 0.105. The van der Waals surface area contributed by atoms with Gasteiger partial charge in [-0.15, -0.1) is 0 Å². The average Bonchev–Trinajstić information content (AvgIpc) is 2.63. The Bertz CT molecular complexity index is 977. The van der Waals surface area contributed by atoms with Crippen molar-refractivity contribution in [3.63, 3.8) is 0 Å². The lowest BCUT2D eigenvalue weighted by molar-refractivity contribution is -0.137. The van der Waals surface area contributed by atoms with Gasteiger partial charge in [-0.25, -0.2) is 0 Å². The van der Waals surface area contributed by atoms with Crippen LogP contribution in [0.25, 0.3) is 0 Å². The molecule has 0 spiro atoms. The topological polar surface area (TPSA) is 82.0 Å². The van der Waals surface area contributed by atoms with Crippen LogP contribution in [0.15, 0.2) is 54.2 Å². The number of anilines is 2. The van der Waals surface area contributed by atoms with E-state index in [9.17, 15) is 22.8 Å². The maximum absolute atomic E-state index is 12.9. The number of benzene rings is 2. The lowest BCUT2D eigenvalue weighted by Crippen LogP contribution is -2.15. The van der Waals surface area contributed by atoms with Gasteiger partial charge in [-0.3, -0.25) is 9.59 Å². The van der Waals surface area contributed by atoms with Crippen LogP contribution in [0.5, 0.6) is 0 Å². The zero-order valence-electron chi connectivity index (χ0n) is 14.4. The molecule has 0 fully saturated rings. The molecule has 0 aliphatic heterocycles. The van der Waals surface area contributed by atoms with Crippen LogP contribution in [0, 0.1) is 11.3 Å². The SMILES string of the molecule is CC(=O)c1ccc(N/C=C(/C#N)C(=O)Nc2ccc(Cl)c(C(F)(F)F)c2)cc1. The Morgan fingerprint density at radius 1 is 1.11 bits per heavy atom. The molecule has 28 heavy (non-hydrogen) atoms. The maximum atomic E-state index is 12.9. The summed E-state index contributed by atoms with van der Waals surface area (Å²) in [6, 6.07) is 10.8. The Morgan fingerprint density at radius 2 is 1.71 bits per heavy atom. The molecule has 2 aromatic rings. The Hall–Kier alpha value is -3.31. The van der Waals surface area contributed by atoms with Gasteiger partial charge in [0.2, 0.25) is 0 Å². The van der Waals surface area contributed by atoms with Gasteiger partial charge < -0.3 is 10.6 Å². The summed E-state index contributed by atoms with van der Waals surface area (Å²) in [6.45, 7) is 1.42. The van der Waals surface area contributed by atoms with Crippen LogP contribution < -0.4 is 10.6 Å². The number of alkyl halides is 3. The number of carbonyl (C=O) groups excluding carboxylic acids is 2. The fourth-order valence-electron chi connectivity index (χ4n) is 2.12. The zero-order valence-corrected chi connectivity index (χ0v) is 15.2. The van der Waals surface area contributed by atoms with E-state index in [1.165, 1.54) is 13.0 Å². The summed E-state index contributed by atoms with van der Waals surface area (Å²) >= 11 is 5.53. The van der Waals surface area contributed by atoms with Gasteiger partial charge in [-0.05, 0) is 49.4 Å². The third kappa shape index (κ3) is 5.34. The standard InChI is InChI=1S/C19H13ClF3N3O2/c1-11(27)12-2-4-14(5-3-12)25-10-13(9-24)18(28)26-15-6-7-17(20)16(8-15)19(21,22)23/h2-8,10,25H,1H3,(H,26,28)/b13-10-. The van der Waals surface area contributed by atoms with Crippen LogP contribution in [-0.4, -0.2) is 11.7 Å². The molecule has 2 N–H and O–H groups in total. The first kappa shape index (κ1) is 21.0. The van der Waals surface area contributed by atoms with E-state index in [1.54, 1.807) is 30.3 Å². The molecular weight excluding hydrogens is 395 g/mol. The average molecular weight is 408 g/mol. The molecule has 0 heterocycles. The summed E-state index contributed by atoms with van der Waals surface area (Å²) in [6.07, 6.45) is -3.57. The number of halogens is 4. The number of rotatable bonds is 5. The number of amides is 1. The third-order valence-electron chi connectivity index (χ3n) is 3.57. The summed E-state index contributed by atoms with van der Waals surface area (Å²) in [7, 11) is 0. The molecule has 0 bridgehead atoms. The second kappa shape index (κ2) is 8.59. The summed E-state index contributed by atoms with van der Waals surface area (Å²) in [5, 5.41) is 13.6. The summed E-state index contributed by atoms with van der Waals surface area (Å²) in [4.78, 5) is 23.4. The van der Waals surface area contributed by atoms with Crippen molar-refractivity contribution < 1.29 is 22.8 Å². The van der Waals surface area contributed by atoms with Crippen molar-refractivity contribution in [1.82, 2.24) is 0 Å². The van der Waals surface area contributed by atoms with Crippen LogP contribution in [0.3, 0.4) is 0 Å². The highest BCUT2D eigenvalue weighted by Gasteiger charge is 2.33. The summed E-state index contributed by atoms with van der Waals surface area (Å²) < 4.78 is 38.7. The van der Waals surface area contributed by atoms with Crippen molar-refractivity contribution in [1.29, 1.82) is 5.26 Å². The molecule has 0 saturated heterocycles. The molecule has 0 atom stereocenters. The lowest BCUT2D eigenvalue weighted by Gasteiger charge is -2.11. The number of hydrogen-bond donors (Lipinski definition) is 2. The van der Waals surface area contributed by atoms with Gasteiger partial charge in [0, 0.05) is 23.1 Å². The van der Waals surface area contributed by atoms with Gasteiger partial charge >= 0.3 is 6.18 Å². The van der Waals surface area contributed by atoms with Gasteiger partial charge in [0.05, 0.1) is 10.6 Å². The largest absolute Gasteiger partial charge is 0.417 e. The van der Waals surface area contributed by atoms with Crippen molar-refractivity contribution in [3.8, 4) is 6.07 Å². The van der Waals surface area contributed by atoms with E-state index in [1.807, 2.05) is 0 Å². The monoisotopic (exact) mass is 407 g/mol. The van der Waals surface area contributed by atoms with Crippen molar-refractivity contribution in [2.75, 3.05) is 10.6 Å². The van der Waals surface area contributed by atoms with E-state index in [0.717, 1.165) is 12.3 Å². The molecule has 0 unspecified atom stereocenters. The van der Waals surface area contributed by atoms with E-state index >= 15 is 0 Å². The van der Waals surface area contributed by atoms with E-state index in [2.05, 4.69) is 10.6 Å². The van der Waals surface area contributed by atoms with Gasteiger partial charge in [-0.2, -0.15) is 18.4 Å². The fourth-order valence-corrected chi connectivity index (χ4v) is 2.35. The first-order valence-corrected chi connectivity index (χ1v) is 8.15. The van der Waals surface area contributed by atoms with Crippen LogP contribution in [-0.2, 0) is 11.0 Å². The molecule has 1 amide bonds. The molecular formula is C19H13ClF3N3O2. The number of hydrogen-bond acceptors (Lipinski definition) is 4. The molecule has 2 rings (SSSR count). The number of nitrogens with one attached hydrogen (secondary N) is 2. The second-order valence-electron chi connectivity index (χ2n) is 5.59. The zero-order chi connectivity index (χ0) is 20.9. The molecule has 0 saturated carbocycles. The molecule has 144 valence electrons. The van der Waals surface area contributed by atoms with Crippen molar-refractivity contribution >= 4 is 34.7 Å². The van der Waals surface area contributed by atoms with Crippen LogP contribution in [0.2, 0.25) is 5.02 Å². The maximum Gasteiger partial charge on any atom is 0.417 e. The Morgan fingerprint density at radius 3 is 2.25 bits per heavy atom. The summed E-state index contributed by atoms with van der Waals surface area (Å²) in [5.41, 5.74) is -0.613. The van der Waals surface area contributed by atoms with Gasteiger partial charge in [0.15, 0.2) is 5.78 Å². The van der Waals surface area contributed by atoms with Gasteiger partial charge in [-0.1, -0.05) is 11.6 Å². The van der Waals surface area contributed by atoms with Crippen molar-refractivity contribution in [2.45, 2.75) is 13.1 Å². The van der Waals surface area contributed by atoms with E-state index in [-0.39, 0.29) is 17.0 Å². The van der Waals surface area contributed by atoms with E-state index < -0.39 is 22.7 Å². The molecule has 0 radical (unpaired) electrons. The number of nitrogens with zero attached hydrogens (tertiary/aromatic N) is 1. The highest BCUT2D eigenvalue weighted by atomic mass is 35.5. The first-order chi connectivity index (χ1) is 13.1. The molecule has 0 aromatic heterocycles. The van der Waals surface area contributed by atoms with Crippen LogP contribution >= 0.6 is 11.6 Å². The number of carbonyl (C=O) groups is 2. The highest BCUT2D eigenvalue weighted by Crippen LogP contribution is 2.36. The minimum atomic E-state index is -4.68. The summed E-state index contributed by atoms with van der Waals surface area (Å²) in [5.74, 6) is -1.01. The predicted molar refractivity (Wildman–Crippen MR) is 98.8 cm³/mol. The third-order valence-corrected chi connectivity index (χ3v) is 3.90. The Balaban J connectivity index is 2.14. The van der Waals surface area contributed by atoms with Crippen LogP contribution in [0.1, 0.15) is 22.8 Å². The van der Waals surface area contributed by atoms with Crippen molar-refractivity contribution in [3.05, 3.63) is 70.4 Å². The molecule has 0 aliphatic rings. The number of Topliss-reactive ketones (excluding diaryl/α,β-unsaturated/α-hetero) is 1. The molecule has 0 aliphatic carbocycles. The van der Waals surface area contributed by atoms with Crippen LogP contribution in [0.4, 0.5) is 24.5 Å². The minimum Gasteiger partial charge on any atom is -0.360 e. The minimum absolute atomic E-state index is 0.111. The predicted octanol–water partition coefficient (Wildman–Crippen LogP) is 5.02. The van der Waals surface area contributed by atoms with Gasteiger partial charge in [0.25, 0.3) is 5.91 Å². The first-order valence-electron chi connectivity index (χ1n) is 7.77. The smallest absolute Gasteiger partial charge is 0.360 e.